The zero-order chi connectivity index (χ0) is 52.5. The summed E-state index contributed by atoms with van der Waals surface area (Å²) in [6, 6.07) is 23.1. The molecule has 0 radical (unpaired) electrons. The van der Waals surface area contributed by atoms with E-state index in [4.69, 9.17) is 39.6 Å². The fourth-order valence-corrected chi connectivity index (χ4v) is 8.16. The van der Waals surface area contributed by atoms with Crippen molar-refractivity contribution in [2.24, 2.45) is 0 Å². The molecule has 6 atom stereocenters. The molecule has 5 aromatic rings. The number of carboxylic acid groups (broad SMARTS) is 1. The number of rotatable bonds is 21. The Hall–Kier alpha value is -6.49. The number of aliphatic hydroxyl groups is 3. The maximum absolute atomic E-state index is 13.4. The minimum atomic E-state index is -4.58. The van der Waals surface area contributed by atoms with Gasteiger partial charge in [0.25, 0.3) is 13.7 Å². The van der Waals surface area contributed by atoms with E-state index in [0.29, 0.717) is 33.5 Å². The topological polar surface area (TPSA) is 294 Å². The molecule has 0 aliphatic carbocycles. The largest absolute Gasteiger partial charge is 0.756 e. The molecule has 0 saturated carbocycles. The second-order valence-corrected chi connectivity index (χ2v) is 19.4. The van der Waals surface area contributed by atoms with E-state index < -0.39 is 69.0 Å². The molecule has 0 spiro atoms. The smallest absolute Gasteiger partial charge is 0.412 e. The van der Waals surface area contributed by atoms with Crippen LogP contribution in [0.4, 0.5) is 16.2 Å². The normalized spacial score (nSPS) is 18.6. The highest BCUT2D eigenvalue weighted by Gasteiger charge is 2.48. The molecule has 1 saturated heterocycles. The standard InChI is InChI=1S/C49H55ClN5O16P/c1-27-21-34(33-9-7-8-10-36(33)52-27)28(2)32-15-16-39(66-6)37(24-32)54-49(63)67-25-30-22-35(50)44(70-48-43(59)41(57)42(58)45(71-48)47(61)62)38(23-30)53-40(56)17-18-51-46(60)31-13-11-29(12-14-31)26-69-72(64,65)68-20-19-55(3,4)5/h7-16,21-24,41-43,45,48,57-59H,2,17-20,25-26H2,1,3-6H3,(H4-,51,53,54,56,60,61,62,63,64,65)/t41-,42-,43+,45-,48?/m0/s1. The molecule has 72 heavy (non-hydrogen) atoms. The van der Waals surface area contributed by atoms with E-state index in [1.54, 1.807) is 18.2 Å². The molecule has 7 N–H and O–H groups in total. The van der Waals surface area contributed by atoms with Gasteiger partial charge in [-0.1, -0.05) is 54.6 Å². The van der Waals surface area contributed by atoms with Crippen LogP contribution in [0, 0.1) is 6.92 Å². The van der Waals surface area contributed by atoms with Crippen molar-refractivity contribution in [2.75, 3.05) is 58.6 Å². The number of nitrogens with zero attached hydrogens (tertiary/aromatic N) is 2. The molecule has 0 bridgehead atoms. The summed E-state index contributed by atoms with van der Waals surface area (Å²) in [7, 11) is 2.50. The predicted octanol–water partition coefficient (Wildman–Crippen LogP) is 4.75. The van der Waals surface area contributed by atoms with Gasteiger partial charge >= 0.3 is 12.1 Å². The third-order valence-corrected chi connectivity index (χ3v) is 12.2. The molecule has 3 amide bonds. The summed E-state index contributed by atoms with van der Waals surface area (Å²) >= 11 is 6.65. The van der Waals surface area contributed by atoms with Crippen LogP contribution < -0.4 is 30.3 Å². The van der Waals surface area contributed by atoms with E-state index in [-0.39, 0.29) is 59.5 Å². The fourth-order valence-electron chi connectivity index (χ4n) is 7.19. The van der Waals surface area contributed by atoms with Crippen molar-refractivity contribution in [1.29, 1.82) is 0 Å². The number of halogens is 1. The average Bonchev–Trinajstić information content (AvgIpc) is 3.32. The Labute approximate surface area is 419 Å². The number of methoxy groups -OCH3 is 1. The summed E-state index contributed by atoms with van der Waals surface area (Å²) in [4.78, 5) is 68.3. The Morgan fingerprint density at radius 2 is 1.58 bits per heavy atom. The first-order valence-corrected chi connectivity index (χ1v) is 24.0. The van der Waals surface area contributed by atoms with Gasteiger partial charge in [-0.05, 0) is 83.3 Å². The first-order chi connectivity index (χ1) is 34.0. The van der Waals surface area contributed by atoms with Crippen molar-refractivity contribution < 1.29 is 81.5 Å². The Morgan fingerprint density at radius 3 is 2.28 bits per heavy atom. The number of phosphoric ester groups is 1. The highest BCUT2D eigenvalue weighted by atomic mass is 35.5. The van der Waals surface area contributed by atoms with Gasteiger partial charge in [-0.25, -0.2) is 9.59 Å². The van der Waals surface area contributed by atoms with Gasteiger partial charge in [0.15, 0.2) is 11.9 Å². The number of likely N-dealkylation sites (N-methyl/N-ethyl adjacent to an activating group) is 1. The second kappa shape index (κ2) is 23.8. The van der Waals surface area contributed by atoms with Crippen LogP contribution in [0.3, 0.4) is 0 Å². The lowest BCUT2D eigenvalue weighted by Crippen LogP contribution is -2.61. The summed E-state index contributed by atoms with van der Waals surface area (Å²) in [5.74, 6) is -3.01. The quantitative estimate of drug-likeness (QED) is 0.0385. The van der Waals surface area contributed by atoms with Crippen molar-refractivity contribution in [1.82, 2.24) is 10.3 Å². The van der Waals surface area contributed by atoms with Crippen molar-refractivity contribution in [2.45, 2.75) is 57.3 Å². The molecule has 2 unspecified atom stereocenters. The molecule has 21 nitrogen and oxygen atoms in total. The zero-order valence-electron chi connectivity index (χ0n) is 39.8. The van der Waals surface area contributed by atoms with Crippen LogP contribution in [0.1, 0.15) is 44.7 Å². The number of pyridine rings is 1. The van der Waals surface area contributed by atoms with Gasteiger partial charge in [0, 0.05) is 29.6 Å². The third kappa shape index (κ3) is 14.6. The molecule has 1 aromatic heterocycles. The molecular weight excluding hydrogens is 981 g/mol. The van der Waals surface area contributed by atoms with Crippen LogP contribution in [0.2, 0.25) is 5.02 Å². The van der Waals surface area contributed by atoms with Crippen molar-refractivity contribution in [3.05, 3.63) is 130 Å². The van der Waals surface area contributed by atoms with E-state index in [1.807, 2.05) is 58.4 Å². The number of fused-ring (bicyclic) bond motifs is 1. The second-order valence-electron chi connectivity index (χ2n) is 17.5. The van der Waals surface area contributed by atoms with Gasteiger partial charge in [0.1, 0.15) is 43.8 Å². The maximum Gasteiger partial charge on any atom is 0.412 e. The van der Waals surface area contributed by atoms with Gasteiger partial charge in [-0.15, -0.1) is 0 Å². The summed E-state index contributed by atoms with van der Waals surface area (Å²) in [5.41, 5.74) is 4.63. The monoisotopic (exact) mass is 1040 g/mol. The van der Waals surface area contributed by atoms with Crippen LogP contribution in [0.25, 0.3) is 16.5 Å². The number of para-hydroxylation sites is 1. The number of hydrogen-bond acceptors (Lipinski definition) is 16. The number of carboxylic acids is 1. The average molecular weight is 1040 g/mol. The fraction of sp³-hybridized carbons (Fsp3) is 0.327. The highest BCUT2D eigenvalue weighted by molar-refractivity contribution is 7.45. The molecular formula is C49H55ClN5O16P. The predicted molar refractivity (Wildman–Crippen MR) is 261 cm³/mol. The first kappa shape index (κ1) is 54.8. The lowest BCUT2D eigenvalue weighted by Gasteiger charge is -2.38. The Morgan fingerprint density at radius 1 is 0.875 bits per heavy atom. The number of amides is 3. The number of nitrogens with one attached hydrogen (secondary N) is 3. The molecule has 384 valence electrons. The number of benzene rings is 4. The number of anilines is 2. The van der Waals surface area contributed by atoms with Crippen LogP contribution >= 0.6 is 19.4 Å². The minimum absolute atomic E-state index is 0.0602. The number of aliphatic hydroxyl groups excluding tert-OH is 3. The summed E-state index contributed by atoms with van der Waals surface area (Å²) < 4.78 is 44.6. The van der Waals surface area contributed by atoms with E-state index in [2.05, 4.69) is 27.5 Å². The lowest BCUT2D eigenvalue weighted by atomic mass is 9.95. The van der Waals surface area contributed by atoms with Gasteiger partial charge in [0.05, 0.1) is 56.8 Å². The summed E-state index contributed by atoms with van der Waals surface area (Å²) in [5, 5.41) is 49.4. The molecule has 2 heterocycles. The number of phosphoric acid groups is 1. The minimum Gasteiger partial charge on any atom is -0.756 e. The number of carbonyl (C=O) groups excluding carboxylic acids is 3. The van der Waals surface area contributed by atoms with Crippen molar-refractivity contribution >= 4 is 71.2 Å². The van der Waals surface area contributed by atoms with Gasteiger partial charge in [0.2, 0.25) is 12.2 Å². The van der Waals surface area contributed by atoms with Crippen LogP contribution in [0.15, 0.2) is 91.5 Å². The van der Waals surface area contributed by atoms with Gasteiger partial charge < -0.3 is 68.4 Å². The molecule has 23 heteroatoms. The molecule has 1 aliphatic rings. The molecule has 4 aromatic carbocycles. The number of carbonyl (C=O) groups is 4. The maximum atomic E-state index is 13.4. The lowest BCUT2D eigenvalue weighted by molar-refractivity contribution is -0.870. The number of aryl methyl sites for hydroxylation is 1. The van der Waals surface area contributed by atoms with E-state index in [1.165, 1.54) is 43.5 Å². The van der Waals surface area contributed by atoms with Crippen LogP contribution in [-0.2, 0) is 45.9 Å². The van der Waals surface area contributed by atoms with Gasteiger partial charge in [-0.3, -0.25) is 24.5 Å². The number of hydrogen-bond donors (Lipinski definition) is 7. The van der Waals surface area contributed by atoms with E-state index in [9.17, 15) is 49.1 Å². The Balaban J connectivity index is 1.13. The SMILES string of the molecule is C=C(c1ccc(OC)c(NC(=O)OCc2cc(Cl)c(OC3O[C@H](C(=O)O)[C@@H](O)[C@H](O)[C@H]3O)c(NC(=O)CCNC(=O)c3ccc(COP(=O)([O-])OCC[N+](C)(C)C)cc3)c2)c1)c1cc(C)nc2ccccc12. The third-order valence-electron chi connectivity index (χ3n) is 11.0. The van der Waals surface area contributed by atoms with Crippen molar-refractivity contribution in [3.63, 3.8) is 0 Å². The van der Waals surface area contributed by atoms with Crippen LogP contribution in [-0.4, -0.2) is 132 Å². The summed E-state index contributed by atoms with van der Waals surface area (Å²) in [6.45, 7) is 5.61. The highest BCUT2D eigenvalue weighted by Crippen LogP contribution is 2.40. The molecule has 6 rings (SSSR count). The number of aliphatic carboxylic acids is 1. The Kier molecular flexibility index (Phi) is 18.1. The van der Waals surface area contributed by atoms with Gasteiger partial charge in [-0.2, -0.15) is 0 Å². The first-order valence-electron chi connectivity index (χ1n) is 22.2. The zero-order valence-corrected chi connectivity index (χ0v) is 41.5. The number of quaternary nitrogens is 1. The van der Waals surface area contributed by atoms with E-state index >= 15 is 0 Å². The van der Waals surface area contributed by atoms with Crippen LogP contribution in [0.5, 0.6) is 11.5 Å². The molecule has 1 aliphatic heterocycles. The van der Waals surface area contributed by atoms with E-state index in [0.717, 1.165) is 22.2 Å². The number of aromatic nitrogens is 1. The number of ether oxygens (including phenoxy) is 4. The molecule has 1 fully saturated rings. The Bertz CT molecular complexity index is 2860. The summed E-state index contributed by atoms with van der Waals surface area (Å²) in [6.07, 6.45) is -11.3. The van der Waals surface area contributed by atoms with Crippen molar-refractivity contribution in [3.8, 4) is 11.5 Å².